The van der Waals surface area contributed by atoms with Crippen LogP contribution in [-0.4, -0.2) is 31.2 Å². The van der Waals surface area contributed by atoms with Gasteiger partial charge in [-0.05, 0) is 38.4 Å². The third kappa shape index (κ3) is 1.85. The van der Waals surface area contributed by atoms with E-state index in [-0.39, 0.29) is 0 Å². The molecule has 1 aromatic rings. The van der Waals surface area contributed by atoms with Gasteiger partial charge in [-0.1, -0.05) is 0 Å². The van der Waals surface area contributed by atoms with Crippen molar-refractivity contribution in [3.8, 4) is 6.07 Å². The van der Waals surface area contributed by atoms with Crippen molar-refractivity contribution in [2.24, 2.45) is 5.41 Å². The molecule has 1 spiro atoms. The minimum atomic E-state index is 0.415. The molecule has 3 rings (SSSR count). The van der Waals surface area contributed by atoms with Crippen LogP contribution in [0.4, 0.5) is 5.82 Å². The van der Waals surface area contributed by atoms with Crippen molar-refractivity contribution in [2.75, 3.05) is 31.1 Å². The van der Waals surface area contributed by atoms with Crippen LogP contribution < -0.4 is 10.2 Å². The van der Waals surface area contributed by atoms with Gasteiger partial charge in [0.15, 0.2) is 0 Å². The van der Waals surface area contributed by atoms with Gasteiger partial charge in [-0.15, -0.1) is 0 Å². The van der Waals surface area contributed by atoms with Gasteiger partial charge in [0.05, 0.1) is 5.56 Å². The van der Waals surface area contributed by atoms with Gasteiger partial charge >= 0.3 is 0 Å². The molecular weight excluding hydrogens is 224 g/mol. The van der Waals surface area contributed by atoms with E-state index in [2.05, 4.69) is 21.3 Å². The van der Waals surface area contributed by atoms with E-state index in [1.807, 2.05) is 19.1 Å². The highest BCUT2D eigenvalue weighted by Crippen LogP contribution is 2.38. The summed E-state index contributed by atoms with van der Waals surface area (Å²) in [5, 5.41) is 12.7. The molecular formula is C14H18N4. The number of nitrogens with one attached hydrogen (secondary N) is 1. The molecule has 0 bridgehead atoms. The lowest BCUT2D eigenvalue weighted by molar-refractivity contribution is 0.369. The third-order valence-corrected chi connectivity index (χ3v) is 4.20. The van der Waals surface area contributed by atoms with Crippen molar-refractivity contribution in [2.45, 2.75) is 19.8 Å². The van der Waals surface area contributed by atoms with Crippen LogP contribution >= 0.6 is 0 Å². The molecule has 2 saturated heterocycles. The Hall–Kier alpha value is -1.60. The van der Waals surface area contributed by atoms with E-state index in [0.717, 1.165) is 37.7 Å². The minimum Gasteiger partial charge on any atom is -0.355 e. The molecule has 4 nitrogen and oxygen atoms in total. The normalized spacial score (nSPS) is 26.8. The molecule has 0 amide bonds. The van der Waals surface area contributed by atoms with Crippen LogP contribution in [0.15, 0.2) is 12.1 Å². The molecule has 0 aliphatic carbocycles. The lowest BCUT2D eigenvalue weighted by Crippen LogP contribution is -2.30. The van der Waals surface area contributed by atoms with Gasteiger partial charge in [-0.3, -0.25) is 0 Å². The molecule has 1 unspecified atom stereocenters. The van der Waals surface area contributed by atoms with E-state index < -0.39 is 0 Å². The Labute approximate surface area is 108 Å². The Kier molecular flexibility index (Phi) is 2.71. The zero-order valence-electron chi connectivity index (χ0n) is 10.7. The van der Waals surface area contributed by atoms with Gasteiger partial charge in [0.25, 0.3) is 0 Å². The number of nitriles is 1. The fourth-order valence-electron chi connectivity index (χ4n) is 3.13. The second kappa shape index (κ2) is 4.25. The summed E-state index contributed by atoms with van der Waals surface area (Å²) < 4.78 is 0. The summed E-state index contributed by atoms with van der Waals surface area (Å²) in [7, 11) is 0. The molecule has 1 aromatic heterocycles. The Bertz CT molecular complexity index is 497. The SMILES string of the molecule is Cc1ccc(C#N)c(N2CCC3(CCNC3)C2)n1. The summed E-state index contributed by atoms with van der Waals surface area (Å²) in [5.74, 6) is 0.876. The topological polar surface area (TPSA) is 52.0 Å². The Balaban J connectivity index is 1.88. The first kappa shape index (κ1) is 11.5. The number of aryl methyl sites for hydroxylation is 1. The van der Waals surface area contributed by atoms with Crippen molar-refractivity contribution in [3.63, 3.8) is 0 Å². The fraction of sp³-hybridized carbons (Fsp3) is 0.571. The summed E-state index contributed by atoms with van der Waals surface area (Å²) in [4.78, 5) is 6.85. The van der Waals surface area contributed by atoms with Crippen molar-refractivity contribution in [3.05, 3.63) is 23.4 Å². The Morgan fingerprint density at radius 3 is 3.06 bits per heavy atom. The van der Waals surface area contributed by atoms with Gasteiger partial charge in [-0.2, -0.15) is 5.26 Å². The summed E-state index contributed by atoms with van der Waals surface area (Å²) in [6.45, 7) is 6.27. The van der Waals surface area contributed by atoms with E-state index in [4.69, 9.17) is 0 Å². The van der Waals surface area contributed by atoms with Gasteiger partial charge in [0.1, 0.15) is 11.9 Å². The summed E-state index contributed by atoms with van der Waals surface area (Å²) in [6.07, 6.45) is 2.46. The molecule has 0 aromatic carbocycles. The molecule has 4 heteroatoms. The van der Waals surface area contributed by atoms with Crippen LogP contribution in [0.1, 0.15) is 24.1 Å². The summed E-state index contributed by atoms with van der Waals surface area (Å²) in [6, 6.07) is 6.05. The van der Waals surface area contributed by atoms with E-state index in [1.54, 1.807) is 0 Å². The highest BCUT2D eigenvalue weighted by Gasteiger charge is 2.41. The van der Waals surface area contributed by atoms with Crippen LogP contribution in [-0.2, 0) is 0 Å². The molecule has 0 radical (unpaired) electrons. The van der Waals surface area contributed by atoms with E-state index in [9.17, 15) is 5.26 Å². The highest BCUT2D eigenvalue weighted by atomic mass is 15.2. The van der Waals surface area contributed by atoms with E-state index >= 15 is 0 Å². The number of hydrogen-bond donors (Lipinski definition) is 1. The predicted octanol–water partition coefficient (Wildman–Crippen LogP) is 1.45. The van der Waals surface area contributed by atoms with Crippen molar-refractivity contribution < 1.29 is 0 Å². The van der Waals surface area contributed by atoms with Crippen LogP contribution in [0.5, 0.6) is 0 Å². The fourth-order valence-corrected chi connectivity index (χ4v) is 3.13. The molecule has 2 aliphatic rings. The van der Waals surface area contributed by atoms with Crippen molar-refractivity contribution in [1.29, 1.82) is 5.26 Å². The molecule has 3 heterocycles. The molecule has 1 N–H and O–H groups in total. The average molecular weight is 242 g/mol. The quantitative estimate of drug-likeness (QED) is 0.810. The van der Waals surface area contributed by atoms with Crippen molar-refractivity contribution >= 4 is 5.82 Å². The second-order valence-electron chi connectivity index (χ2n) is 5.53. The summed E-state index contributed by atoms with van der Waals surface area (Å²) >= 11 is 0. The lowest BCUT2D eigenvalue weighted by Gasteiger charge is -2.24. The molecule has 94 valence electrons. The number of rotatable bonds is 1. The van der Waals surface area contributed by atoms with Crippen LogP contribution in [0.2, 0.25) is 0 Å². The number of hydrogen-bond acceptors (Lipinski definition) is 4. The number of pyridine rings is 1. The van der Waals surface area contributed by atoms with E-state index in [0.29, 0.717) is 11.0 Å². The smallest absolute Gasteiger partial charge is 0.146 e. The third-order valence-electron chi connectivity index (χ3n) is 4.20. The van der Waals surface area contributed by atoms with E-state index in [1.165, 1.54) is 12.8 Å². The maximum atomic E-state index is 9.20. The number of anilines is 1. The first-order valence-corrected chi connectivity index (χ1v) is 6.56. The zero-order chi connectivity index (χ0) is 12.6. The second-order valence-corrected chi connectivity index (χ2v) is 5.53. The van der Waals surface area contributed by atoms with Crippen LogP contribution in [0.3, 0.4) is 0 Å². The highest BCUT2D eigenvalue weighted by molar-refractivity contribution is 5.55. The van der Waals surface area contributed by atoms with Gasteiger partial charge in [0, 0.05) is 30.7 Å². The van der Waals surface area contributed by atoms with Crippen molar-refractivity contribution in [1.82, 2.24) is 10.3 Å². The first-order chi connectivity index (χ1) is 8.72. The average Bonchev–Trinajstić information content (AvgIpc) is 3.00. The first-order valence-electron chi connectivity index (χ1n) is 6.56. The molecule has 2 fully saturated rings. The van der Waals surface area contributed by atoms with Crippen LogP contribution in [0.25, 0.3) is 0 Å². The maximum absolute atomic E-state index is 9.20. The lowest BCUT2D eigenvalue weighted by atomic mass is 9.87. The largest absolute Gasteiger partial charge is 0.355 e. The molecule has 2 aliphatic heterocycles. The molecule has 18 heavy (non-hydrogen) atoms. The Morgan fingerprint density at radius 2 is 2.33 bits per heavy atom. The van der Waals surface area contributed by atoms with Gasteiger partial charge < -0.3 is 10.2 Å². The predicted molar refractivity (Wildman–Crippen MR) is 70.4 cm³/mol. The number of aromatic nitrogens is 1. The zero-order valence-corrected chi connectivity index (χ0v) is 10.7. The number of nitrogens with zero attached hydrogens (tertiary/aromatic N) is 3. The standard InChI is InChI=1S/C14H18N4/c1-11-2-3-12(8-15)13(17-11)18-7-5-14(10-18)4-6-16-9-14/h2-3,16H,4-7,9-10H2,1H3. The monoisotopic (exact) mass is 242 g/mol. The van der Waals surface area contributed by atoms with Gasteiger partial charge in [-0.25, -0.2) is 4.98 Å². The maximum Gasteiger partial charge on any atom is 0.146 e. The molecule has 1 atom stereocenters. The Morgan fingerprint density at radius 1 is 1.44 bits per heavy atom. The van der Waals surface area contributed by atoms with Crippen LogP contribution in [0, 0.1) is 23.7 Å². The molecule has 0 saturated carbocycles. The van der Waals surface area contributed by atoms with Gasteiger partial charge in [0.2, 0.25) is 0 Å². The summed E-state index contributed by atoms with van der Waals surface area (Å²) in [5.41, 5.74) is 2.09. The minimum absolute atomic E-state index is 0.415.